The van der Waals surface area contributed by atoms with Gasteiger partial charge in [0.15, 0.2) is 0 Å². The van der Waals surface area contributed by atoms with Gasteiger partial charge in [-0.1, -0.05) is 42.5 Å². The van der Waals surface area contributed by atoms with Gasteiger partial charge in [-0.2, -0.15) is 0 Å². The highest BCUT2D eigenvalue weighted by Gasteiger charge is 2.25. The van der Waals surface area contributed by atoms with E-state index >= 15 is 0 Å². The Morgan fingerprint density at radius 2 is 1.94 bits per heavy atom. The number of carbonyl (C=O) groups is 1. The van der Waals surface area contributed by atoms with Crippen LogP contribution in [0.15, 0.2) is 54.6 Å². The molecule has 7 nitrogen and oxygen atoms in total. The van der Waals surface area contributed by atoms with Crippen molar-refractivity contribution in [2.45, 2.75) is 32.3 Å². The van der Waals surface area contributed by atoms with Crippen LogP contribution in [0.2, 0.25) is 0 Å². The summed E-state index contributed by atoms with van der Waals surface area (Å²) in [5, 5.41) is 26.7. The number of carboxylic acids is 1. The maximum Gasteiger partial charge on any atom is 0.303 e. The zero-order valence-electron chi connectivity index (χ0n) is 18.6. The fourth-order valence-corrected chi connectivity index (χ4v) is 4.32. The molecule has 0 bridgehead atoms. The van der Waals surface area contributed by atoms with E-state index in [-0.39, 0.29) is 18.4 Å². The Balaban J connectivity index is 1.77. The number of para-hydroxylation sites is 1. The molecular weight excluding hydrogens is 416 g/mol. The van der Waals surface area contributed by atoms with E-state index in [1.54, 1.807) is 6.92 Å². The molecular formula is C26H28N4O3. The normalized spacial score (nSPS) is 15.5. The number of likely N-dealkylation sites (tertiary alicyclic amines) is 1. The number of benzene rings is 3. The van der Waals surface area contributed by atoms with Crippen molar-refractivity contribution in [2.24, 2.45) is 5.73 Å². The summed E-state index contributed by atoms with van der Waals surface area (Å²) in [6.07, 6.45) is 1.29. The third-order valence-corrected chi connectivity index (χ3v) is 6.04. The van der Waals surface area contributed by atoms with Gasteiger partial charge in [0.05, 0.1) is 12.4 Å². The third kappa shape index (κ3) is 4.98. The molecule has 0 aromatic heterocycles. The lowest BCUT2D eigenvalue weighted by Gasteiger charge is -2.20. The van der Waals surface area contributed by atoms with Crippen molar-refractivity contribution in [2.75, 3.05) is 13.1 Å². The van der Waals surface area contributed by atoms with Gasteiger partial charge in [-0.15, -0.1) is 0 Å². The van der Waals surface area contributed by atoms with E-state index in [4.69, 9.17) is 21.3 Å². The SMILES string of the molecule is CC(=N)N1CC[C@H](Oc2ccccc2-c2cc(CCC(=O)O)cc3cc(C(=N)N)ccc23)C1. The Kier molecular flexibility index (Phi) is 6.31. The van der Waals surface area contributed by atoms with Gasteiger partial charge in [0.25, 0.3) is 0 Å². The van der Waals surface area contributed by atoms with Gasteiger partial charge in [-0.05, 0) is 47.4 Å². The molecule has 1 atom stereocenters. The van der Waals surface area contributed by atoms with Gasteiger partial charge in [0.2, 0.25) is 0 Å². The standard InChI is InChI=1S/C26H28N4O3/c1-16(27)30-11-10-20(15-30)33-24-5-3-2-4-22(24)23-13-17(6-9-25(31)32)12-19-14-18(26(28)29)7-8-21(19)23/h2-5,7-8,12-14,20,27H,6,9-11,15H2,1H3,(H3,28,29)(H,31,32)/t20-/m0/s1. The first-order chi connectivity index (χ1) is 15.8. The molecule has 5 N–H and O–H groups in total. The smallest absolute Gasteiger partial charge is 0.303 e. The van der Waals surface area contributed by atoms with Crippen LogP contribution in [0, 0.1) is 10.8 Å². The van der Waals surface area contributed by atoms with E-state index in [2.05, 4.69) is 0 Å². The van der Waals surface area contributed by atoms with Crippen molar-refractivity contribution in [3.63, 3.8) is 0 Å². The largest absolute Gasteiger partial charge is 0.488 e. The highest BCUT2D eigenvalue weighted by Crippen LogP contribution is 2.37. The van der Waals surface area contributed by atoms with Gasteiger partial charge in [-0.25, -0.2) is 0 Å². The number of rotatable bonds is 7. The first-order valence-corrected chi connectivity index (χ1v) is 11.0. The summed E-state index contributed by atoms with van der Waals surface area (Å²) in [7, 11) is 0. The lowest BCUT2D eigenvalue weighted by molar-refractivity contribution is -0.136. The number of fused-ring (bicyclic) bond motifs is 1. The van der Waals surface area contributed by atoms with Crippen molar-refractivity contribution in [1.82, 2.24) is 4.90 Å². The zero-order chi connectivity index (χ0) is 23.5. The molecule has 0 unspecified atom stereocenters. The summed E-state index contributed by atoms with van der Waals surface area (Å²) in [4.78, 5) is 13.2. The van der Waals surface area contributed by atoms with E-state index in [9.17, 15) is 9.90 Å². The van der Waals surface area contributed by atoms with Crippen molar-refractivity contribution < 1.29 is 14.6 Å². The van der Waals surface area contributed by atoms with Crippen LogP contribution in [0.3, 0.4) is 0 Å². The van der Waals surface area contributed by atoms with Crippen LogP contribution < -0.4 is 10.5 Å². The van der Waals surface area contributed by atoms with Crippen LogP contribution in [0.25, 0.3) is 21.9 Å². The number of nitrogens with zero attached hydrogens (tertiary/aromatic N) is 1. The molecule has 1 aliphatic rings. The second-order valence-corrected chi connectivity index (χ2v) is 8.44. The predicted molar refractivity (Wildman–Crippen MR) is 130 cm³/mol. The van der Waals surface area contributed by atoms with E-state index in [0.29, 0.717) is 24.4 Å². The maximum absolute atomic E-state index is 11.2. The Labute approximate surface area is 192 Å². The Bertz CT molecular complexity index is 1240. The molecule has 0 amide bonds. The first kappa shape index (κ1) is 22.3. The molecule has 33 heavy (non-hydrogen) atoms. The zero-order valence-corrected chi connectivity index (χ0v) is 18.6. The number of aryl methyl sites for hydroxylation is 1. The monoisotopic (exact) mass is 444 g/mol. The number of carboxylic acid groups (broad SMARTS) is 1. The fraction of sp³-hybridized carbons (Fsp3) is 0.269. The van der Waals surface area contributed by atoms with Crippen molar-refractivity contribution in [3.05, 3.63) is 65.7 Å². The molecule has 0 saturated carbocycles. The van der Waals surface area contributed by atoms with Gasteiger partial charge in [0.1, 0.15) is 17.7 Å². The number of nitrogen functional groups attached to an aromatic ring is 1. The first-order valence-electron chi connectivity index (χ1n) is 11.0. The third-order valence-electron chi connectivity index (χ3n) is 6.04. The molecule has 170 valence electrons. The molecule has 4 rings (SSSR count). The molecule has 0 spiro atoms. The Morgan fingerprint density at radius 1 is 1.15 bits per heavy atom. The van der Waals surface area contributed by atoms with Crippen molar-refractivity contribution >= 4 is 28.4 Å². The molecule has 7 heteroatoms. The lowest BCUT2D eigenvalue weighted by Crippen LogP contribution is -2.28. The molecule has 0 aliphatic carbocycles. The van der Waals surface area contributed by atoms with Gasteiger partial charge in [-0.3, -0.25) is 15.6 Å². The van der Waals surface area contributed by atoms with Crippen LogP contribution in [-0.2, 0) is 11.2 Å². The Hall–Kier alpha value is -3.87. The van der Waals surface area contributed by atoms with Crippen LogP contribution in [0.5, 0.6) is 5.75 Å². The van der Waals surface area contributed by atoms with Gasteiger partial charge in [0, 0.05) is 30.5 Å². The molecule has 3 aromatic rings. The quantitative estimate of drug-likeness (QED) is 0.320. The fourth-order valence-electron chi connectivity index (χ4n) is 4.32. The summed E-state index contributed by atoms with van der Waals surface area (Å²) in [6, 6.07) is 17.5. The van der Waals surface area contributed by atoms with Crippen LogP contribution in [0.4, 0.5) is 0 Å². The maximum atomic E-state index is 11.2. The summed E-state index contributed by atoms with van der Waals surface area (Å²) >= 11 is 0. The van der Waals surface area contributed by atoms with Crippen LogP contribution in [0.1, 0.15) is 30.9 Å². The molecule has 1 saturated heterocycles. The second kappa shape index (κ2) is 9.32. The summed E-state index contributed by atoms with van der Waals surface area (Å²) in [5.74, 6) is 0.461. The van der Waals surface area contributed by atoms with Gasteiger partial charge >= 0.3 is 5.97 Å². The molecule has 3 aromatic carbocycles. The minimum atomic E-state index is -0.842. The summed E-state index contributed by atoms with van der Waals surface area (Å²) in [5.41, 5.74) is 9.12. The minimum Gasteiger partial charge on any atom is -0.488 e. The van der Waals surface area contributed by atoms with Gasteiger partial charge < -0.3 is 20.5 Å². The number of nitrogens with two attached hydrogens (primary N) is 1. The lowest BCUT2D eigenvalue weighted by atomic mass is 9.92. The highest BCUT2D eigenvalue weighted by molar-refractivity contribution is 6.04. The summed E-state index contributed by atoms with van der Waals surface area (Å²) < 4.78 is 6.40. The van der Waals surface area contributed by atoms with E-state index in [1.165, 1.54) is 0 Å². The highest BCUT2D eigenvalue weighted by atomic mass is 16.5. The predicted octanol–water partition coefficient (Wildman–Crippen LogP) is 4.26. The summed E-state index contributed by atoms with van der Waals surface area (Å²) in [6.45, 7) is 3.29. The molecule has 1 heterocycles. The number of hydrogen-bond acceptors (Lipinski definition) is 4. The minimum absolute atomic E-state index is 0.00257. The molecule has 0 radical (unpaired) electrons. The number of hydrogen-bond donors (Lipinski definition) is 4. The van der Waals surface area contributed by atoms with Crippen LogP contribution in [-0.4, -0.2) is 46.8 Å². The Morgan fingerprint density at radius 3 is 2.64 bits per heavy atom. The van der Waals surface area contributed by atoms with E-state index in [0.717, 1.165) is 46.2 Å². The number of amidine groups is 2. The molecule has 1 fully saturated rings. The van der Waals surface area contributed by atoms with E-state index < -0.39 is 5.97 Å². The number of ether oxygens (including phenoxy) is 1. The molecule has 1 aliphatic heterocycles. The van der Waals surface area contributed by atoms with Crippen molar-refractivity contribution in [1.29, 1.82) is 10.8 Å². The second-order valence-electron chi connectivity index (χ2n) is 8.44. The van der Waals surface area contributed by atoms with E-state index in [1.807, 2.05) is 59.5 Å². The topological polar surface area (TPSA) is 123 Å². The van der Waals surface area contributed by atoms with Crippen LogP contribution >= 0.6 is 0 Å². The van der Waals surface area contributed by atoms with Crippen molar-refractivity contribution in [3.8, 4) is 16.9 Å². The number of nitrogens with one attached hydrogen (secondary N) is 2. The average Bonchev–Trinajstić information content (AvgIpc) is 3.26. The average molecular weight is 445 g/mol. The number of aliphatic carboxylic acids is 1.